The monoisotopic (exact) mass is 602 g/mol. The molecule has 2 aromatic rings. The summed E-state index contributed by atoms with van der Waals surface area (Å²) in [6.45, 7) is 7.65. The molecular weight excluding hydrogens is 563 g/mol. The summed E-state index contributed by atoms with van der Waals surface area (Å²) in [5, 5.41) is 4.05. The highest BCUT2D eigenvalue weighted by Gasteiger charge is 2.32. The Morgan fingerprint density at radius 3 is 2.41 bits per heavy atom. The zero-order valence-electron chi connectivity index (χ0n) is 23.5. The van der Waals surface area contributed by atoms with E-state index in [0.29, 0.717) is 55.2 Å². The second-order valence-electron chi connectivity index (χ2n) is 11.1. The quantitative estimate of drug-likeness (QED) is 0.445. The number of nitrogens with zero attached hydrogens (tertiary/aromatic N) is 3. The number of carbonyl (C=O) groups excluding carboxylic acids is 2. The average molecular weight is 604 g/mol. The first-order valence-corrected chi connectivity index (χ1v) is 15.5. The molecule has 5 rings (SSSR count). The predicted molar refractivity (Wildman–Crippen MR) is 161 cm³/mol. The number of para-hydroxylation sites is 1. The minimum atomic E-state index is -0.700. The van der Waals surface area contributed by atoms with Crippen LogP contribution in [0.3, 0.4) is 0 Å². The number of hydrogen-bond acceptors (Lipinski definition) is 5. The van der Waals surface area contributed by atoms with Crippen LogP contribution in [0.2, 0.25) is 10.0 Å². The van der Waals surface area contributed by atoms with Crippen molar-refractivity contribution in [2.75, 3.05) is 65.6 Å². The number of morpholine rings is 1. The van der Waals surface area contributed by atoms with Crippen LogP contribution < -0.4 is 10.1 Å². The van der Waals surface area contributed by atoms with Crippen molar-refractivity contribution in [2.24, 2.45) is 0 Å². The van der Waals surface area contributed by atoms with Gasteiger partial charge in [0.1, 0.15) is 18.4 Å². The second kappa shape index (κ2) is 14.6. The van der Waals surface area contributed by atoms with Crippen molar-refractivity contribution in [1.82, 2.24) is 20.0 Å². The van der Waals surface area contributed by atoms with Gasteiger partial charge in [0.2, 0.25) is 5.91 Å². The number of benzene rings is 2. The lowest BCUT2D eigenvalue weighted by Crippen LogP contribution is -2.54. The van der Waals surface area contributed by atoms with Crippen LogP contribution in [0.4, 0.5) is 4.79 Å². The van der Waals surface area contributed by atoms with Crippen molar-refractivity contribution in [2.45, 2.75) is 44.1 Å². The first kappa shape index (κ1) is 30.0. The molecule has 3 fully saturated rings. The number of halogens is 2. The lowest BCUT2D eigenvalue weighted by atomic mass is 9.88. The third kappa shape index (κ3) is 8.07. The number of rotatable bonds is 9. The van der Waals surface area contributed by atoms with Gasteiger partial charge in [-0.2, -0.15) is 0 Å². The van der Waals surface area contributed by atoms with Crippen molar-refractivity contribution in [1.29, 1.82) is 0 Å². The van der Waals surface area contributed by atoms with Gasteiger partial charge in [0.25, 0.3) is 0 Å². The smallest absolute Gasteiger partial charge is 0.318 e. The van der Waals surface area contributed by atoms with Crippen molar-refractivity contribution in [3.63, 3.8) is 0 Å². The van der Waals surface area contributed by atoms with Crippen molar-refractivity contribution in [3.8, 4) is 5.75 Å². The Labute approximate surface area is 252 Å². The van der Waals surface area contributed by atoms with Gasteiger partial charge in [-0.15, -0.1) is 0 Å². The van der Waals surface area contributed by atoms with E-state index in [2.05, 4.69) is 22.3 Å². The maximum absolute atomic E-state index is 13.8. The molecule has 0 unspecified atom stereocenters. The molecule has 222 valence electrons. The zero-order chi connectivity index (χ0) is 28.6. The van der Waals surface area contributed by atoms with Gasteiger partial charge in [0.05, 0.1) is 13.2 Å². The van der Waals surface area contributed by atoms with Crippen LogP contribution >= 0.6 is 23.2 Å². The van der Waals surface area contributed by atoms with E-state index in [1.165, 1.54) is 5.56 Å². The SMILES string of the molecule is O=C(N[C@H](Cc1ccc(Cl)cc1Cl)C(=O)N1CCC(c2ccccc2OCCN2CCOCC2)CC1)N1CCCC1. The normalized spacial score (nSPS) is 19.3. The van der Waals surface area contributed by atoms with Crippen LogP contribution in [0, 0.1) is 0 Å². The third-order valence-corrected chi connectivity index (χ3v) is 8.95. The predicted octanol–water partition coefficient (Wildman–Crippen LogP) is 4.83. The number of piperidine rings is 1. The van der Waals surface area contributed by atoms with Crippen molar-refractivity contribution < 1.29 is 19.1 Å². The molecule has 0 saturated carbocycles. The standard InChI is InChI=1S/C31H40Cl2N4O4/c32-25-8-7-24(27(33)22-25)21-28(34-31(39)37-11-3-4-12-37)30(38)36-13-9-23(10-14-36)26-5-1-2-6-29(26)41-20-17-35-15-18-40-19-16-35/h1-2,5-8,22-23,28H,3-4,9-21H2,(H,34,39)/t28-/m1/s1. The van der Waals surface area contributed by atoms with Crippen LogP contribution in [0.15, 0.2) is 42.5 Å². The van der Waals surface area contributed by atoms with E-state index >= 15 is 0 Å². The van der Waals surface area contributed by atoms with Crippen molar-refractivity contribution >= 4 is 35.1 Å². The Hall–Kier alpha value is -2.52. The summed E-state index contributed by atoms with van der Waals surface area (Å²) < 4.78 is 11.7. The number of likely N-dealkylation sites (tertiary alicyclic amines) is 2. The molecule has 3 amide bonds. The Balaban J connectivity index is 1.20. The van der Waals surface area contributed by atoms with Crippen molar-refractivity contribution in [3.05, 3.63) is 63.6 Å². The first-order chi connectivity index (χ1) is 20.0. The number of hydrogen-bond donors (Lipinski definition) is 1. The van der Waals surface area contributed by atoms with E-state index < -0.39 is 6.04 Å². The largest absolute Gasteiger partial charge is 0.492 e. The van der Waals surface area contributed by atoms with Gasteiger partial charge in [-0.3, -0.25) is 9.69 Å². The maximum Gasteiger partial charge on any atom is 0.318 e. The Morgan fingerprint density at radius 1 is 0.951 bits per heavy atom. The van der Waals surface area contributed by atoms with Gasteiger partial charge >= 0.3 is 6.03 Å². The molecule has 0 aliphatic carbocycles. The lowest BCUT2D eigenvalue weighted by Gasteiger charge is -2.35. The highest BCUT2D eigenvalue weighted by molar-refractivity contribution is 6.35. The fourth-order valence-electron chi connectivity index (χ4n) is 5.96. The van der Waals surface area contributed by atoms with E-state index in [1.807, 2.05) is 23.1 Å². The van der Waals surface area contributed by atoms with Gasteiger partial charge in [-0.25, -0.2) is 4.79 Å². The molecule has 0 bridgehead atoms. The summed E-state index contributed by atoms with van der Waals surface area (Å²) in [7, 11) is 0. The number of nitrogens with one attached hydrogen (secondary N) is 1. The molecule has 3 saturated heterocycles. The van der Waals surface area contributed by atoms with Crippen LogP contribution in [0.5, 0.6) is 5.75 Å². The number of ether oxygens (including phenoxy) is 2. The maximum atomic E-state index is 13.8. The van der Waals surface area contributed by atoms with Gasteiger partial charge in [0.15, 0.2) is 0 Å². The molecule has 3 aliphatic rings. The first-order valence-electron chi connectivity index (χ1n) is 14.8. The lowest BCUT2D eigenvalue weighted by molar-refractivity contribution is -0.134. The molecule has 0 radical (unpaired) electrons. The Morgan fingerprint density at radius 2 is 1.68 bits per heavy atom. The third-order valence-electron chi connectivity index (χ3n) is 8.36. The molecule has 10 heteroatoms. The molecule has 3 aliphatic heterocycles. The van der Waals surface area contributed by atoms with E-state index in [4.69, 9.17) is 32.7 Å². The average Bonchev–Trinajstić information content (AvgIpc) is 3.54. The molecule has 1 N–H and O–H groups in total. The molecule has 8 nitrogen and oxygen atoms in total. The van der Waals surface area contributed by atoms with E-state index in [1.54, 1.807) is 17.0 Å². The summed E-state index contributed by atoms with van der Waals surface area (Å²) in [4.78, 5) is 32.9. The topological polar surface area (TPSA) is 74.3 Å². The molecular formula is C31H40Cl2N4O4. The fraction of sp³-hybridized carbons (Fsp3) is 0.548. The second-order valence-corrected chi connectivity index (χ2v) is 11.9. The van der Waals surface area contributed by atoms with Gasteiger partial charge < -0.3 is 24.6 Å². The van der Waals surface area contributed by atoms with E-state index in [9.17, 15) is 9.59 Å². The molecule has 0 spiro atoms. The number of amides is 3. The van der Waals surface area contributed by atoms with E-state index in [-0.39, 0.29) is 11.9 Å². The molecule has 2 aromatic carbocycles. The summed E-state index contributed by atoms with van der Waals surface area (Å²) in [5.74, 6) is 1.16. The fourth-order valence-corrected chi connectivity index (χ4v) is 6.44. The molecule has 1 atom stereocenters. The van der Waals surface area contributed by atoms with Gasteiger partial charge in [-0.05, 0) is 60.9 Å². The van der Waals surface area contributed by atoms with Crippen LogP contribution in [0.25, 0.3) is 0 Å². The summed E-state index contributed by atoms with van der Waals surface area (Å²) in [6, 6.07) is 12.6. The summed E-state index contributed by atoms with van der Waals surface area (Å²) in [6.07, 6.45) is 3.96. The molecule has 0 aromatic heterocycles. The summed E-state index contributed by atoms with van der Waals surface area (Å²) in [5.41, 5.74) is 1.99. The number of carbonyl (C=O) groups is 2. The minimum absolute atomic E-state index is 0.0722. The van der Waals surface area contributed by atoms with Gasteiger partial charge in [-0.1, -0.05) is 47.5 Å². The molecule has 41 heavy (non-hydrogen) atoms. The summed E-state index contributed by atoms with van der Waals surface area (Å²) >= 11 is 12.6. The van der Waals surface area contributed by atoms with Crippen LogP contribution in [-0.4, -0.2) is 98.3 Å². The number of urea groups is 1. The highest BCUT2D eigenvalue weighted by atomic mass is 35.5. The highest BCUT2D eigenvalue weighted by Crippen LogP contribution is 2.34. The Bertz CT molecular complexity index is 1180. The van der Waals surface area contributed by atoms with Gasteiger partial charge in [0, 0.05) is 62.3 Å². The van der Waals surface area contributed by atoms with E-state index in [0.717, 1.165) is 69.8 Å². The van der Waals surface area contributed by atoms with Crippen LogP contribution in [-0.2, 0) is 16.0 Å². The minimum Gasteiger partial charge on any atom is -0.492 e. The molecule has 3 heterocycles. The zero-order valence-corrected chi connectivity index (χ0v) is 25.0. The Kier molecular flexibility index (Phi) is 10.7. The van der Waals surface area contributed by atoms with Crippen LogP contribution in [0.1, 0.15) is 42.7 Å².